The smallest absolute Gasteiger partial charge is 0.308 e. The average Bonchev–Trinajstić information content (AvgIpc) is 3.54. The van der Waals surface area contributed by atoms with E-state index in [0.717, 1.165) is 46.6 Å². The number of nitrogens with zero attached hydrogens (tertiary/aromatic N) is 3. The van der Waals surface area contributed by atoms with Crippen LogP contribution in [-0.4, -0.2) is 63.0 Å². The molecule has 3 aromatic carbocycles. The predicted octanol–water partition coefficient (Wildman–Crippen LogP) is 8.12. The van der Waals surface area contributed by atoms with Crippen LogP contribution in [0.2, 0.25) is 0 Å². The van der Waals surface area contributed by atoms with Gasteiger partial charge in [0.15, 0.2) is 5.82 Å². The number of carboxylic acids is 1. The summed E-state index contributed by atoms with van der Waals surface area (Å²) in [6.07, 6.45) is 10.2. The lowest BCUT2D eigenvalue weighted by Crippen LogP contribution is -2.50. The Labute approximate surface area is 307 Å². The van der Waals surface area contributed by atoms with Gasteiger partial charge in [-0.05, 0) is 66.1 Å². The Morgan fingerprint density at radius 3 is 2.10 bits per heavy atom. The van der Waals surface area contributed by atoms with E-state index in [0.29, 0.717) is 17.8 Å². The van der Waals surface area contributed by atoms with Crippen molar-refractivity contribution in [2.75, 3.05) is 13.2 Å². The van der Waals surface area contributed by atoms with E-state index in [4.69, 9.17) is 4.74 Å². The highest BCUT2D eigenvalue weighted by molar-refractivity contribution is 5.98. The quantitative estimate of drug-likeness (QED) is 0.120. The molecular weight excluding hydrogens is 652 g/mol. The Bertz CT molecular complexity index is 1780. The molecule has 0 radical (unpaired) electrons. The Morgan fingerprint density at radius 1 is 0.865 bits per heavy atom. The van der Waals surface area contributed by atoms with Crippen LogP contribution in [0.1, 0.15) is 94.6 Å². The van der Waals surface area contributed by atoms with Gasteiger partial charge in [-0.25, -0.2) is 9.97 Å². The van der Waals surface area contributed by atoms with E-state index >= 15 is 0 Å². The van der Waals surface area contributed by atoms with Gasteiger partial charge in [-0.1, -0.05) is 102 Å². The maximum absolute atomic E-state index is 13.9. The zero-order chi connectivity index (χ0) is 37.3. The molecule has 0 saturated carbocycles. The Balaban J connectivity index is 1.25. The van der Waals surface area contributed by atoms with Crippen LogP contribution in [-0.2, 0) is 21.4 Å². The topological polar surface area (TPSA) is 122 Å². The molecule has 0 bridgehead atoms. The zero-order valence-electron chi connectivity index (χ0n) is 31.1. The summed E-state index contributed by atoms with van der Waals surface area (Å²) < 4.78 is 5.90. The highest BCUT2D eigenvalue weighted by Gasteiger charge is 2.39. The number of ether oxygens (including phenoxy) is 1. The fraction of sp³-hybridized carbons (Fsp3) is 0.419. The standard InChI is InChI=1S/C43H52N4O5/c1-6-7-8-9-10-23-52-37-21-17-31(18-22-37)35-26-44-39(45-27-35)32-13-11-30(12-14-32)25-38(41(49)47-28-34(42(50)51)24-29(47)2)46-40(48)33-15-19-36(20-16-33)43(3,4)5/h11-22,26-27,29,34,38H,6-10,23-25,28H2,1-5H3,(H,46,48)(H,50,51). The molecule has 3 unspecified atom stereocenters. The van der Waals surface area contributed by atoms with Gasteiger partial charge in [0.05, 0.1) is 12.5 Å². The third-order valence-electron chi connectivity index (χ3n) is 9.83. The van der Waals surface area contributed by atoms with Crippen LogP contribution in [0.3, 0.4) is 0 Å². The molecule has 3 atom stereocenters. The fourth-order valence-electron chi connectivity index (χ4n) is 6.57. The van der Waals surface area contributed by atoms with Gasteiger partial charge in [0.2, 0.25) is 5.91 Å². The normalized spacial score (nSPS) is 16.4. The molecule has 52 heavy (non-hydrogen) atoms. The Morgan fingerprint density at radius 2 is 1.50 bits per heavy atom. The predicted molar refractivity (Wildman–Crippen MR) is 204 cm³/mol. The summed E-state index contributed by atoms with van der Waals surface area (Å²) in [5, 5.41) is 12.6. The highest BCUT2D eigenvalue weighted by Crippen LogP contribution is 2.27. The van der Waals surface area contributed by atoms with Crippen LogP contribution in [0.15, 0.2) is 85.2 Å². The van der Waals surface area contributed by atoms with Crippen molar-refractivity contribution in [1.29, 1.82) is 0 Å². The number of rotatable bonds is 15. The molecule has 0 spiro atoms. The van der Waals surface area contributed by atoms with E-state index in [-0.39, 0.29) is 36.2 Å². The minimum Gasteiger partial charge on any atom is -0.494 e. The molecule has 2 amide bonds. The van der Waals surface area contributed by atoms with E-state index < -0.39 is 17.9 Å². The van der Waals surface area contributed by atoms with Gasteiger partial charge in [-0.3, -0.25) is 14.4 Å². The lowest BCUT2D eigenvalue weighted by Gasteiger charge is -2.28. The third kappa shape index (κ3) is 10.0. The first-order valence-electron chi connectivity index (χ1n) is 18.5. The average molecular weight is 705 g/mol. The maximum Gasteiger partial charge on any atom is 0.308 e. The van der Waals surface area contributed by atoms with Crippen LogP contribution < -0.4 is 10.1 Å². The summed E-state index contributed by atoms with van der Waals surface area (Å²) in [5.74, 6) is -0.766. The minimum absolute atomic E-state index is 0.0615. The lowest BCUT2D eigenvalue weighted by atomic mass is 9.86. The van der Waals surface area contributed by atoms with E-state index in [1.807, 2.05) is 67.6 Å². The number of benzene rings is 3. The SMILES string of the molecule is CCCCCCCOc1ccc(-c2cnc(-c3ccc(CC(NC(=O)c4ccc(C(C)(C)C)cc4)C(=O)N4CC(C(=O)O)CC4C)cc3)nc2)cc1. The fourth-order valence-corrected chi connectivity index (χ4v) is 6.57. The van der Waals surface area contributed by atoms with Crippen molar-refractivity contribution in [1.82, 2.24) is 20.2 Å². The van der Waals surface area contributed by atoms with Gasteiger partial charge < -0.3 is 20.1 Å². The molecule has 1 aliphatic heterocycles. The van der Waals surface area contributed by atoms with Crippen molar-refractivity contribution in [2.24, 2.45) is 5.92 Å². The lowest BCUT2D eigenvalue weighted by molar-refractivity contribution is -0.141. The zero-order valence-corrected chi connectivity index (χ0v) is 31.1. The molecule has 274 valence electrons. The summed E-state index contributed by atoms with van der Waals surface area (Å²) in [4.78, 5) is 49.9. The third-order valence-corrected chi connectivity index (χ3v) is 9.83. The van der Waals surface area contributed by atoms with Crippen molar-refractivity contribution in [3.05, 3.63) is 102 Å². The summed E-state index contributed by atoms with van der Waals surface area (Å²) in [6.45, 7) is 11.2. The molecule has 1 saturated heterocycles. The number of hydrogen-bond acceptors (Lipinski definition) is 6. The van der Waals surface area contributed by atoms with E-state index in [9.17, 15) is 19.5 Å². The molecule has 2 heterocycles. The van der Waals surface area contributed by atoms with Gasteiger partial charge in [-0.15, -0.1) is 0 Å². The van der Waals surface area contributed by atoms with Crippen molar-refractivity contribution in [3.8, 4) is 28.3 Å². The van der Waals surface area contributed by atoms with Crippen LogP contribution in [0.5, 0.6) is 5.75 Å². The first-order chi connectivity index (χ1) is 24.9. The summed E-state index contributed by atoms with van der Waals surface area (Å²) in [7, 11) is 0. The number of amides is 2. The summed E-state index contributed by atoms with van der Waals surface area (Å²) in [6, 6.07) is 21.9. The molecule has 2 N–H and O–H groups in total. The van der Waals surface area contributed by atoms with Crippen molar-refractivity contribution in [2.45, 2.75) is 97.1 Å². The van der Waals surface area contributed by atoms with Gasteiger partial charge in [0, 0.05) is 48.1 Å². The highest BCUT2D eigenvalue weighted by atomic mass is 16.5. The number of nitrogens with one attached hydrogen (secondary N) is 1. The monoisotopic (exact) mass is 704 g/mol. The first-order valence-corrected chi connectivity index (χ1v) is 18.5. The minimum atomic E-state index is -0.918. The number of carbonyl (C=O) groups excluding carboxylic acids is 2. The van der Waals surface area contributed by atoms with Crippen molar-refractivity contribution >= 4 is 17.8 Å². The number of aliphatic carboxylic acids is 1. The second kappa shape index (κ2) is 17.4. The van der Waals surface area contributed by atoms with E-state index in [2.05, 4.69) is 43.0 Å². The van der Waals surface area contributed by atoms with Crippen LogP contribution >= 0.6 is 0 Å². The first kappa shape index (κ1) is 38.2. The molecule has 5 rings (SSSR count). The molecule has 4 aromatic rings. The molecule has 1 aromatic heterocycles. The van der Waals surface area contributed by atoms with Crippen molar-refractivity contribution in [3.63, 3.8) is 0 Å². The summed E-state index contributed by atoms with van der Waals surface area (Å²) in [5.41, 5.74) is 5.06. The summed E-state index contributed by atoms with van der Waals surface area (Å²) >= 11 is 0. The molecule has 1 fully saturated rings. The number of likely N-dealkylation sites (tertiary alicyclic amines) is 1. The number of aromatic nitrogens is 2. The second-order valence-corrected chi connectivity index (χ2v) is 14.9. The van der Waals surface area contributed by atoms with Crippen molar-refractivity contribution < 1.29 is 24.2 Å². The van der Waals surface area contributed by atoms with Gasteiger partial charge >= 0.3 is 5.97 Å². The van der Waals surface area contributed by atoms with Crippen LogP contribution in [0, 0.1) is 5.92 Å². The molecule has 0 aliphatic carbocycles. The second-order valence-electron chi connectivity index (χ2n) is 14.9. The molecular formula is C43H52N4O5. The maximum atomic E-state index is 13.9. The largest absolute Gasteiger partial charge is 0.494 e. The number of carboxylic acid groups (broad SMARTS) is 1. The number of unbranched alkanes of at least 4 members (excludes halogenated alkanes) is 4. The van der Waals surface area contributed by atoms with Crippen LogP contribution in [0.25, 0.3) is 22.5 Å². The number of hydrogen-bond donors (Lipinski definition) is 2. The number of carbonyl (C=O) groups is 3. The van der Waals surface area contributed by atoms with Gasteiger partial charge in [-0.2, -0.15) is 0 Å². The van der Waals surface area contributed by atoms with E-state index in [1.54, 1.807) is 29.4 Å². The van der Waals surface area contributed by atoms with E-state index in [1.165, 1.54) is 25.7 Å². The Hall–Kier alpha value is -5.05. The molecule has 1 aliphatic rings. The van der Waals surface area contributed by atoms with Gasteiger partial charge in [0.25, 0.3) is 5.91 Å². The van der Waals surface area contributed by atoms with Crippen LogP contribution in [0.4, 0.5) is 0 Å². The molecule has 9 nitrogen and oxygen atoms in total. The Kier molecular flexibility index (Phi) is 12.8. The van der Waals surface area contributed by atoms with Gasteiger partial charge in [0.1, 0.15) is 11.8 Å². The molecule has 9 heteroatoms.